The number of rotatable bonds is 3. The number of nitrogens with zero attached hydrogens (tertiary/aromatic N) is 5. The molecule has 0 bridgehead atoms. The Balaban J connectivity index is 2.09. The van der Waals surface area contributed by atoms with Gasteiger partial charge in [0.2, 0.25) is 5.28 Å². The van der Waals surface area contributed by atoms with E-state index < -0.39 is 0 Å². The summed E-state index contributed by atoms with van der Waals surface area (Å²) in [6.07, 6.45) is 1.60. The van der Waals surface area contributed by atoms with Crippen LogP contribution in [0.3, 0.4) is 0 Å². The minimum Gasteiger partial charge on any atom is -0.497 e. The van der Waals surface area contributed by atoms with Crippen LogP contribution in [0.1, 0.15) is 0 Å². The van der Waals surface area contributed by atoms with Crippen LogP contribution in [0.25, 0.3) is 11.0 Å². The highest BCUT2D eigenvalue weighted by molar-refractivity contribution is 6.28. The zero-order valence-corrected chi connectivity index (χ0v) is 12.2. The SMILES string of the molecule is COc1ccc(N(C)c2nc(Cl)nc3nnccc23)cc1. The summed E-state index contributed by atoms with van der Waals surface area (Å²) in [5, 5.41) is 8.71. The van der Waals surface area contributed by atoms with Gasteiger partial charge < -0.3 is 9.64 Å². The van der Waals surface area contributed by atoms with E-state index in [1.165, 1.54) is 0 Å². The van der Waals surface area contributed by atoms with Gasteiger partial charge in [-0.3, -0.25) is 0 Å². The van der Waals surface area contributed by atoms with Gasteiger partial charge >= 0.3 is 0 Å². The van der Waals surface area contributed by atoms with Gasteiger partial charge in [0.15, 0.2) is 5.65 Å². The normalized spacial score (nSPS) is 10.6. The highest BCUT2D eigenvalue weighted by Gasteiger charge is 2.13. The average Bonchev–Trinajstić information content (AvgIpc) is 2.53. The first-order chi connectivity index (χ1) is 10.2. The maximum Gasteiger partial charge on any atom is 0.226 e. The molecule has 7 heteroatoms. The van der Waals surface area contributed by atoms with Crippen LogP contribution in [0.4, 0.5) is 11.5 Å². The predicted molar refractivity (Wildman–Crippen MR) is 81.2 cm³/mol. The van der Waals surface area contributed by atoms with Gasteiger partial charge in [-0.15, -0.1) is 5.10 Å². The number of aromatic nitrogens is 4. The summed E-state index contributed by atoms with van der Waals surface area (Å²) in [6, 6.07) is 9.46. The van der Waals surface area contributed by atoms with E-state index in [4.69, 9.17) is 16.3 Å². The number of benzene rings is 1. The molecule has 0 spiro atoms. The van der Waals surface area contributed by atoms with Gasteiger partial charge in [0.05, 0.1) is 18.7 Å². The molecule has 0 unspecified atom stereocenters. The molecular weight excluding hydrogens is 290 g/mol. The van der Waals surface area contributed by atoms with Gasteiger partial charge in [-0.1, -0.05) is 0 Å². The fraction of sp³-hybridized carbons (Fsp3) is 0.143. The first kappa shape index (κ1) is 13.5. The predicted octanol–water partition coefficient (Wildman–Crippen LogP) is 2.85. The Hall–Kier alpha value is -2.47. The summed E-state index contributed by atoms with van der Waals surface area (Å²) in [7, 11) is 3.54. The third kappa shape index (κ3) is 2.57. The van der Waals surface area contributed by atoms with Crippen molar-refractivity contribution < 1.29 is 4.74 Å². The quantitative estimate of drug-likeness (QED) is 0.693. The summed E-state index contributed by atoms with van der Waals surface area (Å²) < 4.78 is 5.16. The number of methoxy groups -OCH3 is 1. The van der Waals surface area contributed by atoms with Gasteiger partial charge in [-0.05, 0) is 41.9 Å². The Labute approximate surface area is 126 Å². The molecule has 106 valence electrons. The molecule has 3 aromatic rings. The summed E-state index contributed by atoms with van der Waals surface area (Å²) in [4.78, 5) is 10.3. The van der Waals surface area contributed by atoms with Gasteiger partial charge in [0, 0.05) is 12.7 Å². The smallest absolute Gasteiger partial charge is 0.226 e. The number of hydrogen-bond acceptors (Lipinski definition) is 6. The summed E-state index contributed by atoms with van der Waals surface area (Å²) in [6.45, 7) is 0. The van der Waals surface area contributed by atoms with Crippen molar-refractivity contribution in [1.29, 1.82) is 0 Å². The molecule has 0 amide bonds. The number of anilines is 2. The van der Waals surface area contributed by atoms with Crippen molar-refractivity contribution in [2.75, 3.05) is 19.1 Å². The molecule has 6 nitrogen and oxygen atoms in total. The maximum absolute atomic E-state index is 5.97. The molecule has 21 heavy (non-hydrogen) atoms. The average molecular weight is 302 g/mol. The molecular formula is C14H12ClN5O. The Bertz CT molecular complexity index is 778. The fourth-order valence-electron chi connectivity index (χ4n) is 2.03. The maximum atomic E-state index is 5.97. The minimum absolute atomic E-state index is 0.137. The van der Waals surface area contributed by atoms with Crippen molar-refractivity contribution in [1.82, 2.24) is 20.2 Å². The van der Waals surface area contributed by atoms with Crippen LogP contribution in [-0.4, -0.2) is 34.3 Å². The van der Waals surface area contributed by atoms with Crippen LogP contribution in [0, 0.1) is 0 Å². The van der Waals surface area contributed by atoms with Crippen LogP contribution in [0.5, 0.6) is 5.75 Å². The van der Waals surface area contributed by atoms with E-state index in [0.29, 0.717) is 11.5 Å². The molecule has 3 rings (SSSR count). The van der Waals surface area contributed by atoms with E-state index in [1.807, 2.05) is 42.3 Å². The van der Waals surface area contributed by atoms with E-state index in [2.05, 4.69) is 20.2 Å². The van der Waals surface area contributed by atoms with Crippen molar-refractivity contribution in [3.8, 4) is 5.75 Å². The summed E-state index contributed by atoms with van der Waals surface area (Å²) in [5.41, 5.74) is 1.41. The highest BCUT2D eigenvalue weighted by Crippen LogP contribution is 2.29. The third-order valence-corrected chi connectivity index (χ3v) is 3.28. The molecule has 0 aliphatic carbocycles. The van der Waals surface area contributed by atoms with Crippen molar-refractivity contribution in [2.45, 2.75) is 0 Å². The summed E-state index contributed by atoms with van der Waals surface area (Å²) in [5.74, 6) is 1.47. The zero-order chi connectivity index (χ0) is 14.8. The molecule has 0 radical (unpaired) electrons. The van der Waals surface area contributed by atoms with Crippen LogP contribution in [0.2, 0.25) is 5.28 Å². The first-order valence-electron chi connectivity index (χ1n) is 6.22. The van der Waals surface area contributed by atoms with E-state index in [1.54, 1.807) is 13.3 Å². The molecule has 1 aromatic carbocycles. The summed E-state index contributed by atoms with van der Waals surface area (Å²) >= 11 is 5.97. The number of hydrogen-bond donors (Lipinski definition) is 0. The molecule has 0 atom stereocenters. The second-order valence-corrected chi connectivity index (χ2v) is 4.68. The van der Waals surface area contributed by atoms with Crippen molar-refractivity contribution in [3.63, 3.8) is 0 Å². The molecule has 2 aromatic heterocycles. The second kappa shape index (κ2) is 5.49. The molecule has 0 saturated carbocycles. The monoisotopic (exact) mass is 301 g/mol. The first-order valence-corrected chi connectivity index (χ1v) is 6.59. The Morgan fingerprint density at radius 3 is 2.57 bits per heavy atom. The van der Waals surface area contributed by atoms with E-state index >= 15 is 0 Å². The van der Waals surface area contributed by atoms with Crippen LogP contribution in [0.15, 0.2) is 36.5 Å². The largest absolute Gasteiger partial charge is 0.497 e. The minimum atomic E-state index is 0.137. The van der Waals surface area contributed by atoms with Crippen molar-refractivity contribution in [2.24, 2.45) is 0 Å². The second-order valence-electron chi connectivity index (χ2n) is 4.34. The Morgan fingerprint density at radius 2 is 1.86 bits per heavy atom. The fourth-order valence-corrected chi connectivity index (χ4v) is 2.19. The zero-order valence-electron chi connectivity index (χ0n) is 11.5. The Kier molecular flexibility index (Phi) is 3.53. The third-order valence-electron chi connectivity index (χ3n) is 3.12. The number of halogens is 1. The van der Waals surface area contributed by atoms with Crippen LogP contribution in [-0.2, 0) is 0 Å². The van der Waals surface area contributed by atoms with Crippen LogP contribution >= 0.6 is 11.6 Å². The van der Waals surface area contributed by atoms with Crippen LogP contribution < -0.4 is 9.64 Å². The number of fused-ring (bicyclic) bond motifs is 1. The van der Waals surface area contributed by atoms with E-state index in [0.717, 1.165) is 16.8 Å². The molecule has 0 saturated heterocycles. The topological polar surface area (TPSA) is 64.0 Å². The lowest BCUT2D eigenvalue weighted by molar-refractivity contribution is 0.415. The molecule has 0 aliphatic rings. The molecule has 0 fully saturated rings. The van der Waals surface area contributed by atoms with Gasteiger partial charge in [-0.25, -0.2) is 0 Å². The Morgan fingerprint density at radius 1 is 1.10 bits per heavy atom. The van der Waals surface area contributed by atoms with Gasteiger partial charge in [0.1, 0.15) is 11.6 Å². The standard InChI is InChI=1S/C14H12ClN5O/c1-20(9-3-5-10(21-2)6-4-9)13-11-7-8-16-19-12(11)17-14(15)18-13/h3-8H,1-2H3. The van der Waals surface area contributed by atoms with E-state index in [-0.39, 0.29) is 5.28 Å². The van der Waals surface area contributed by atoms with Crippen molar-refractivity contribution >= 4 is 34.1 Å². The molecule has 0 aliphatic heterocycles. The lowest BCUT2D eigenvalue weighted by Crippen LogP contribution is -2.12. The lowest BCUT2D eigenvalue weighted by Gasteiger charge is -2.19. The van der Waals surface area contributed by atoms with Gasteiger partial charge in [0.25, 0.3) is 0 Å². The molecule has 0 N–H and O–H groups in total. The van der Waals surface area contributed by atoms with Crippen molar-refractivity contribution in [3.05, 3.63) is 41.8 Å². The highest BCUT2D eigenvalue weighted by atomic mass is 35.5. The van der Waals surface area contributed by atoms with E-state index in [9.17, 15) is 0 Å². The number of ether oxygens (including phenoxy) is 1. The molecule has 2 heterocycles. The van der Waals surface area contributed by atoms with Gasteiger partial charge in [-0.2, -0.15) is 15.1 Å². The lowest BCUT2D eigenvalue weighted by atomic mass is 10.2.